The van der Waals surface area contributed by atoms with Gasteiger partial charge in [-0.25, -0.2) is 0 Å². The van der Waals surface area contributed by atoms with E-state index in [9.17, 15) is 9.59 Å². The summed E-state index contributed by atoms with van der Waals surface area (Å²) in [6, 6.07) is 13.0. The van der Waals surface area contributed by atoms with Crippen LogP contribution in [0.5, 0.6) is 0 Å². The lowest BCUT2D eigenvalue weighted by molar-refractivity contribution is 0.0664. The van der Waals surface area contributed by atoms with Crippen LogP contribution in [0.1, 0.15) is 38.8 Å². The van der Waals surface area contributed by atoms with Crippen LogP contribution in [0.25, 0.3) is 0 Å². The molecule has 1 aliphatic rings. The van der Waals surface area contributed by atoms with Gasteiger partial charge in [-0.3, -0.25) is 9.59 Å². The van der Waals surface area contributed by atoms with Crippen molar-refractivity contribution in [3.8, 4) is 0 Å². The summed E-state index contributed by atoms with van der Waals surface area (Å²) in [7, 11) is 2.06. The molecule has 2 amide bonds. The minimum absolute atomic E-state index is 0.0112. The summed E-state index contributed by atoms with van der Waals surface area (Å²) >= 11 is 0. The molecule has 0 spiro atoms. The third-order valence-electron chi connectivity index (χ3n) is 5.14. The van der Waals surface area contributed by atoms with E-state index in [-0.39, 0.29) is 11.8 Å². The highest BCUT2D eigenvalue weighted by Crippen LogP contribution is 2.22. The number of rotatable bonds is 4. The Morgan fingerprint density at radius 2 is 1.67 bits per heavy atom. The molecule has 0 bridgehead atoms. The molecule has 2 aromatic carbocycles. The van der Waals surface area contributed by atoms with Gasteiger partial charge >= 0.3 is 0 Å². The predicted molar refractivity (Wildman–Crippen MR) is 108 cm³/mol. The normalized spacial score (nSPS) is 14.9. The first-order valence-corrected chi connectivity index (χ1v) is 9.47. The van der Waals surface area contributed by atoms with E-state index in [4.69, 9.17) is 0 Å². The quantitative estimate of drug-likeness (QED) is 0.905. The number of hydrogen-bond donors (Lipinski definition) is 1. The molecule has 0 aromatic heterocycles. The zero-order chi connectivity index (χ0) is 19.4. The van der Waals surface area contributed by atoms with Gasteiger partial charge in [-0.05, 0) is 49.7 Å². The van der Waals surface area contributed by atoms with Gasteiger partial charge in [0, 0.05) is 43.0 Å². The molecule has 0 saturated carbocycles. The Kier molecular flexibility index (Phi) is 5.91. The van der Waals surface area contributed by atoms with Crippen molar-refractivity contribution in [2.75, 3.05) is 38.5 Å². The summed E-state index contributed by atoms with van der Waals surface area (Å²) in [6.45, 7) is 7.24. The zero-order valence-corrected chi connectivity index (χ0v) is 16.3. The Labute approximate surface area is 161 Å². The number of anilines is 1. The molecule has 5 heteroatoms. The molecule has 0 atom stereocenters. The van der Waals surface area contributed by atoms with E-state index >= 15 is 0 Å². The molecule has 27 heavy (non-hydrogen) atoms. The smallest absolute Gasteiger partial charge is 0.255 e. The van der Waals surface area contributed by atoms with Crippen LogP contribution in [0, 0.1) is 6.92 Å². The average Bonchev–Trinajstić information content (AvgIpc) is 2.69. The molecular weight excluding hydrogens is 338 g/mol. The Hall–Kier alpha value is -2.66. The number of aryl methyl sites for hydroxylation is 2. The summed E-state index contributed by atoms with van der Waals surface area (Å²) in [5.74, 6) is -0.199. The van der Waals surface area contributed by atoms with E-state index < -0.39 is 0 Å². The first kappa shape index (κ1) is 19.1. The third kappa shape index (κ3) is 4.37. The van der Waals surface area contributed by atoms with Crippen LogP contribution in [-0.2, 0) is 6.42 Å². The van der Waals surface area contributed by atoms with Gasteiger partial charge in [0.2, 0.25) is 0 Å². The molecule has 0 unspecified atom stereocenters. The Bertz CT molecular complexity index is 839. The second-order valence-corrected chi connectivity index (χ2v) is 7.09. The van der Waals surface area contributed by atoms with E-state index in [2.05, 4.69) is 24.2 Å². The molecule has 0 radical (unpaired) electrons. The van der Waals surface area contributed by atoms with Crippen molar-refractivity contribution in [2.45, 2.75) is 20.3 Å². The number of carbonyl (C=O) groups is 2. The second kappa shape index (κ2) is 8.35. The van der Waals surface area contributed by atoms with E-state index in [0.717, 1.165) is 49.4 Å². The Morgan fingerprint density at radius 3 is 2.37 bits per heavy atom. The second-order valence-electron chi connectivity index (χ2n) is 7.09. The van der Waals surface area contributed by atoms with Gasteiger partial charge in [0.25, 0.3) is 11.8 Å². The molecule has 0 aliphatic carbocycles. The fourth-order valence-electron chi connectivity index (χ4n) is 3.37. The SMILES string of the molecule is CCc1cccc(C)c1NC(=O)c1cccc(C(=O)N2CCN(C)CC2)c1. The molecule has 1 fully saturated rings. The van der Waals surface area contributed by atoms with E-state index in [1.807, 2.05) is 30.0 Å². The maximum absolute atomic E-state index is 12.8. The van der Waals surface area contributed by atoms with Crippen LogP contribution < -0.4 is 5.32 Å². The minimum Gasteiger partial charge on any atom is -0.336 e. The van der Waals surface area contributed by atoms with Crippen LogP contribution in [0.2, 0.25) is 0 Å². The van der Waals surface area contributed by atoms with Crippen LogP contribution in [0.3, 0.4) is 0 Å². The number of carbonyl (C=O) groups excluding carboxylic acids is 2. The van der Waals surface area contributed by atoms with E-state index in [0.29, 0.717) is 11.1 Å². The number of piperazine rings is 1. The first-order chi connectivity index (χ1) is 13.0. The number of benzene rings is 2. The van der Waals surface area contributed by atoms with Crippen molar-refractivity contribution >= 4 is 17.5 Å². The number of likely N-dealkylation sites (N-methyl/N-ethyl adjacent to an activating group) is 1. The summed E-state index contributed by atoms with van der Waals surface area (Å²) in [4.78, 5) is 29.6. The van der Waals surface area contributed by atoms with Gasteiger partial charge in [0.1, 0.15) is 0 Å². The highest BCUT2D eigenvalue weighted by Gasteiger charge is 2.21. The molecule has 1 saturated heterocycles. The molecule has 2 aromatic rings. The summed E-state index contributed by atoms with van der Waals surface area (Å²) in [5, 5.41) is 3.03. The molecule has 142 valence electrons. The topological polar surface area (TPSA) is 52.7 Å². The number of hydrogen-bond acceptors (Lipinski definition) is 3. The molecule has 5 nitrogen and oxygen atoms in total. The van der Waals surface area contributed by atoms with Gasteiger partial charge in [-0.15, -0.1) is 0 Å². The van der Waals surface area contributed by atoms with Crippen molar-refractivity contribution in [1.82, 2.24) is 9.80 Å². The molecule has 1 heterocycles. The van der Waals surface area contributed by atoms with Crippen molar-refractivity contribution < 1.29 is 9.59 Å². The highest BCUT2D eigenvalue weighted by atomic mass is 16.2. The molecule has 3 rings (SSSR count). The third-order valence-corrected chi connectivity index (χ3v) is 5.14. The Morgan fingerprint density at radius 1 is 1.00 bits per heavy atom. The van der Waals surface area contributed by atoms with Crippen LogP contribution in [-0.4, -0.2) is 54.8 Å². The minimum atomic E-state index is -0.188. The van der Waals surface area contributed by atoms with Crippen molar-refractivity contribution in [3.63, 3.8) is 0 Å². The largest absolute Gasteiger partial charge is 0.336 e. The fraction of sp³-hybridized carbons (Fsp3) is 0.364. The lowest BCUT2D eigenvalue weighted by Gasteiger charge is -2.32. The highest BCUT2D eigenvalue weighted by molar-refractivity contribution is 6.06. The van der Waals surface area contributed by atoms with E-state index in [1.165, 1.54) is 0 Å². The van der Waals surface area contributed by atoms with Gasteiger partial charge in [0.15, 0.2) is 0 Å². The van der Waals surface area contributed by atoms with Gasteiger partial charge in [-0.2, -0.15) is 0 Å². The molecular formula is C22H27N3O2. The van der Waals surface area contributed by atoms with Gasteiger partial charge < -0.3 is 15.1 Å². The van der Waals surface area contributed by atoms with Crippen molar-refractivity contribution in [2.24, 2.45) is 0 Å². The van der Waals surface area contributed by atoms with Crippen molar-refractivity contribution in [3.05, 3.63) is 64.7 Å². The van der Waals surface area contributed by atoms with Gasteiger partial charge in [0.05, 0.1) is 0 Å². The van der Waals surface area contributed by atoms with Crippen LogP contribution in [0.4, 0.5) is 5.69 Å². The van der Waals surface area contributed by atoms with Crippen LogP contribution in [0.15, 0.2) is 42.5 Å². The lowest BCUT2D eigenvalue weighted by Crippen LogP contribution is -2.47. The standard InChI is InChI=1S/C22H27N3O2/c1-4-17-8-5-7-16(2)20(17)23-21(26)18-9-6-10-19(15-18)22(27)25-13-11-24(3)12-14-25/h5-10,15H,4,11-14H2,1-3H3,(H,23,26). The van der Waals surface area contributed by atoms with E-state index in [1.54, 1.807) is 24.3 Å². The summed E-state index contributed by atoms with van der Waals surface area (Å²) < 4.78 is 0. The fourth-order valence-corrected chi connectivity index (χ4v) is 3.37. The number of para-hydroxylation sites is 1. The number of nitrogens with zero attached hydrogens (tertiary/aromatic N) is 2. The average molecular weight is 365 g/mol. The summed E-state index contributed by atoms with van der Waals surface area (Å²) in [6.07, 6.45) is 0.846. The maximum atomic E-state index is 12.8. The van der Waals surface area contributed by atoms with Crippen LogP contribution >= 0.6 is 0 Å². The zero-order valence-electron chi connectivity index (χ0n) is 16.3. The number of nitrogens with one attached hydrogen (secondary N) is 1. The molecule has 1 N–H and O–H groups in total. The Balaban J connectivity index is 1.77. The number of amides is 2. The molecule has 1 aliphatic heterocycles. The van der Waals surface area contributed by atoms with Crippen molar-refractivity contribution in [1.29, 1.82) is 0 Å². The predicted octanol–water partition coefficient (Wildman–Crippen LogP) is 3.20. The maximum Gasteiger partial charge on any atom is 0.255 e. The summed E-state index contributed by atoms with van der Waals surface area (Å²) in [5.41, 5.74) is 4.06. The monoisotopic (exact) mass is 365 g/mol. The first-order valence-electron chi connectivity index (χ1n) is 9.47. The van der Waals surface area contributed by atoms with Gasteiger partial charge in [-0.1, -0.05) is 31.2 Å². The lowest BCUT2D eigenvalue weighted by atomic mass is 10.0.